The molecule has 8 heteroatoms. The second-order valence-corrected chi connectivity index (χ2v) is 8.83. The molecule has 1 unspecified atom stereocenters. The summed E-state index contributed by atoms with van der Waals surface area (Å²) in [6.07, 6.45) is -0.654. The third-order valence-electron chi connectivity index (χ3n) is 4.30. The molecule has 3 rings (SSSR count). The predicted octanol–water partition coefficient (Wildman–Crippen LogP) is 2.46. The molecule has 2 heterocycles. The Morgan fingerprint density at radius 3 is 2.61 bits per heavy atom. The normalized spacial score (nSPS) is 24.1. The molecule has 7 nitrogen and oxygen atoms in total. The minimum absolute atomic E-state index is 0.128. The van der Waals surface area contributed by atoms with E-state index in [1.165, 1.54) is 16.7 Å². The van der Waals surface area contributed by atoms with Gasteiger partial charge in [-0.15, -0.1) is 11.8 Å². The Morgan fingerprint density at radius 1 is 1.29 bits per heavy atom. The van der Waals surface area contributed by atoms with Crippen LogP contribution in [0.4, 0.5) is 4.79 Å². The summed E-state index contributed by atoms with van der Waals surface area (Å²) < 4.78 is 10.6. The number of rotatable bonds is 4. The number of carbonyl (C=O) groups excluding carboxylic acids is 3. The van der Waals surface area contributed by atoms with Crippen LogP contribution in [0.3, 0.4) is 0 Å². The van der Waals surface area contributed by atoms with Crippen molar-refractivity contribution in [2.24, 2.45) is 0 Å². The number of alkyl carbamates (subject to hydrolysis) is 1. The summed E-state index contributed by atoms with van der Waals surface area (Å²) in [5.74, 6) is -0.347. The van der Waals surface area contributed by atoms with Crippen molar-refractivity contribution >= 4 is 29.7 Å². The van der Waals surface area contributed by atoms with Gasteiger partial charge in [-0.2, -0.15) is 0 Å². The number of carbonyl (C=O) groups is 3. The van der Waals surface area contributed by atoms with Gasteiger partial charge in [0.05, 0.1) is 0 Å². The zero-order valence-electron chi connectivity index (χ0n) is 16.1. The van der Waals surface area contributed by atoms with Crippen LogP contribution in [-0.4, -0.2) is 51.7 Å². The first-order valence-corrected chi connectivity index (χ1v) is 10.0. The zero-order chi connectivity index (χ0) is 20.5. The van der Waals surface area contributed by atoms with Crippen molar-refractivity contribution in [1.29, 1.82) is 0 Å². The topological polar surface area (TPSA) is 84.9 Å². The maximum absolute atomic E-state index is 12.6. The van der Waals surface area contributed by atoms with Crippen LogP contribution < -0.4 is 5.32 Å². The van der Waals surface area contributed by atoms with Crippen LogP contribution in [0.25, 0.3) is 0 Å². The fourth-order valence-electron chi connectivity index (χ4n) is 3.06. The van der Waals surface area contributed by atoms with Crippen molar-refractivity contribution in [3.8, 4) is 0 Å². The standard InChI is InChI=1S/C20H24N2O5S/c1-12-11-28-17-14(21-19(25)27-20(2,3)4)16(23)22(17)15(12)18(24)26-10-13-8-6-5-7-9-13/h5-9,14-15,17H,1,10-11H2,2-4H3,(H,21,25)/t14-,15?,17-/m1/s1. The lowest BCUT2D eigenvalue weighted by Crippen LogP contribution is -2.74. The summed E-state index contributed by atoms with van der Waals surface area (Å²) in [5.41, 5.74) is 0.819. The fourth-order valence-corrected chi connectivity index (χ4v) is 4.37. The molecular weight excluding hydrogens is 380 g/mol. The molecule has 2 fully saturated rings. The summed E-state index contributed by atoms with van der Waals surface area (Å²) in [6.45, 7) is 9.31. The van der Waals surface area contributed by atoms with Crippen LogP contribution in [-0.2, 0) is 25.7 Å². The lowest BCUT2D eigenvalue weighted by Gasteiger charge is -2.52. The first-order valence-electron chi connectivity index (χ1n) is 8.99. The lowest BCUT2D eigenvalue weighted by molar-refractivity contribution is -0.163. The Bertz CT molecular complexity index is 790. The van der Waals surface area contributed by atoms with E-state index < -0.39 is 29.7 Å². The van der Waals surface area contributed by atoms with Gasteiger partial charge in [0.15, 0.2) is 6.04 Å². The number of amides is 2. The number of thioether (sulfide) groups is 1. The van der Waals surface area contributed by atoms with E-state index in [2.05, 4.69) is 11.9 Å². The van der Waals surface area contributed by atoms with Crippen LogP contribution in [0.5, 0.6) is 0 Å². The lowest BCUT2D eigenvalue weighted by atomic mass is 9.99. The summed E-state index contributed by atoms with van der Waals surface area (Å²) >= 11 is 1.46. The van der Waals surface area contributed by atoms with Crippen LogP contribution >= 0.6 is 11.8 Å². The second-order valence-electron chi connectivity index (χ2n) is 7.73. The van der Waals surface area contributed by atoms with Gasteiger partial charge in [0.25, 0.3) is 0 Å². The van der Waals surface area contributed by atoms with Crippen molar-refractivity contribution in [3.63, 3.8) is 0 Å². The number of ether oxygens (including phenoxy) is 2. The molecule has 28 heavy (non-hydrogen) atoms. The van der Waals surface area contributed by atoms with Gasteiger partial charge in [-0.3, -0.25) is 4.79 Å². The molecule has 0 aromatic heterocycles. The number of benzene rings is 1. The van der Waals surface area contributed by atoms with Crippen LogP contribution in [0.1, 0.15) is 26.3 Å². The van der Waals surface area contributed by atoms with E-state index in [-0.39, 0.29) is 17.9 Å². The van der Waals surface area contributed by atoms with E-state index in [4.69, 9.17) is 9.47 Å². The molecular formula is C20H24N2O5S. The molecule has 1 aromatic carbocycles. The molecule has 0 aliphatic carbocycles. The van der Waals surface area contributed by atoms with E-state index in [9.17, 15) is 14.4 Å². The largest absolute Gasteiger partial charge is 0.459 e. The summed E-state index contributed by atoms with van der Waals surface area (Å²) in [4.78, 5) is 38.7. The van der Waals surface area contributed by atoms with Crippen molar-refractivity contribution in [3.05, 3.63) is 48.0 Å². The highest BCUT2D eigenvalue weighted by Gasteiger charge is 2.56. The minimum Gasteiger partial charge on any atom is -0.459 e. The van der Waals surface area contributed by atoms with Gasteiger partial charge >= 0.3 is 12.1 Å². The average molecular weight is 404 g/mol. The first kappa shape index (κ1) is 20.3. The van der Waals surface area contributed by atoms with Gasteiger partial charge in [-0.25, -0.2) is 9.59 Å². The van der Waals surface area contributed by atoms with E-state index >= 15 is 0 Å². The highest BCUT2D eigenvalue weighted by Crippen LogP contribution is 2.40. The Morgan fingerprint density at radius 2 is 1.96 bits per heavy atom. The number of esters is 1. The molecule has 2 aliphatic rings. The Hall–Kier alpha value is -2.48. The summed E-state index contributed by atoms with van der Waals surface area (Å²) in [5, 5.41) is 2.25. The van der Waals surface area contributed by atoms with Gasteiger partial charge in [0.2, 0.25) is 5.91 Å². The fraction of sp³-hybridized carbons (Fsp3) is 0.450. The van der Waals surface area contributed by atoms with Crippen LogP contribution in [0.2, 0.25) is 0 Å². The average Bonchev–Trinajstić information content (AvgIpc) is 2.63. The number of β-lactam (4-membered cyclic amide) rings is 1. The molecule has 1 N–H and O–H groups in total. The molecule has 1 aromatic rings. The summed E-state index contributed by atoms with van der Waals surface area (Å²) in [7, 11) is 0. The third-order valence-corrected chi connectivity index (χ3v) is 5.68. The molecule has 2 amide bonds. The molecule has 2 saturated heterocycles. The highest BCUT2D eigenvalue weighted by molar-refractivity contribution is 8.00. The Kier molecular flexibility index (Phi) is 5.69. The molecule has 0 bridgehead atoms. The summed E-state index contributed by atoms with van der Waals surface area (Å²) in [6, 6.07) is 7.76. The number of fused-ring (bicyclic) bond motifs is 1. The van der Waals surface area contributed by atoms with Gasteiger partial charge in [0, 0.05) is 5.75 Å². The van der Waals surface area contributed by atoms with E-state index in [1.807, 2.05) is 30.3 Å². The minimum atomic E-state index is -0.834. The van der Waals surface area contributed by atoms with Crippen molar-refractivity contribution < 1.29 is 23.9 Å². The molecule has 150 valence electrons. The van der Waals surface area contributed by atoms with Gasteiger partial charge < -0.3 is 19.7 Å². The number of nitrogens with zero attached hydrogens (tertiary/aromatic N) is 1. The third kappa shape index (κ3) is 4.32. The zero-order valence-corrected chi connectivity index (χ0v) is 17.0. The monoisotopic (exact) mass is 404 g/mol. The van der Waals surface area contributed by atoms with Crippen LogP contribution in [0, 0.1) is 0 Å². The first-order chi connectivity index (χ1) is 13.2. The van der Waals surface area contributed by atoms with Crippen molar-refractivity contribution in [1.82, 2.24) is 10.2 Å². The molecule has 3 atom stereocenters. The second kappa shape index (κ2) is 7.87. The Labute approximate surface area is 168 Å². The maximum Gasteiger partial charge on any atom is 0.408 e. The molecule has 2 aliphatic heterocycles. The molecule has 0 saturated carbocycles. The number of hydrogen-bond acceptors (Lipinski definition) is 6. The van der Waals surface area contributed by atoms with Gasteiger partial charge in [0.1, 0.15) is 23.6 Å². The van der Waals surface area contributed by atoms with Crippen molar-refractivity contribution in [2.45, 2.75) is 50.4 Å². The van der Waals surface area contributed by atoms with Gasteiger partial charge in [-0.05, 0) is 31.9 Å². The number of nitrogens with one attached hydrogen (secondary N) is 1. The SMILES string of the molecule is C=C1CS[C@@H]2[C@H](NC(=O)OC(C)(C)C)C(=O)N2C1C(=O)OCc1ccccc1. The Balaban J connectivity index is 1.63. The number of hydrogen-bond donors (Lipinski definition) is 1. The predicted molar refractivity (Wildman–Crippen MR) is 105 cm³/mol. The van der Waals surface area contributed by atoms with E-state index in [1.54, 1.807) is 20.8 Å². The molecule has 0 radical (unpaired) electrons. The molecule has 0 spiro atoms. The van der Waals surface area contributed by atoms with E-state index in [0.717, 1.165) is 5.56 Å². The van der Waals surface area contributed by atoms with Gasteiger partial charge in [-0.1, -0.05) is 36.9 Å². The van der Waals surface area contributed by atoms with E-state index in [0.29, 0.717) is 11.3 Å². The smallest absolute Gasteiger partial charge is 0.408 e. The highest BCUT2D eigenvalue weighted by atomic mass is 32.2. The van der Waals surface area contributed by atoms with Crippen molar-refractivity contribution in [2.75, 3.05) is 5.75 Å². The van der Waals surface area contributed by atoms with Crippen LogP contribution in [0.15, 0.2) is 42.5 Å². The maximum atomic E-state index is 12.6. The quantitative estimate of drug-likeness (QED) is 0.471.